The van der Waals surface area contributed by atoms with E-state index in [4.69, 9.17) is 0 Å². The van der Waals surface area contributed by atoms with Crippen molar-refractivity contribution in [2.24, 2.45) is 5.92 Å². The minimum atomic E-state index is -0.749. The molecule has 0 aromatic heterocycles. The number of carbonyl (C=O) groups is 1. The summed E-state index contributed by atoms with van der Waals surface area (Å²) in [7, 11) is 0. The van der Waals surface area contributed by atoms with Gasteiger partial charge in [0.15, 0.2) is 0 Å². The first-order valence-electron chi connectivity index (χ1n) is 6.82. The fourth-order valence-electron chi connectivity index (χ4n) is 2.62. The number of carboxylic acid groups (broad SMARTS) is 1. The Kier molecular flexibility index (Phi) is 5.25. The van der Waals surface area contributed by atoms with Crippen molar-refractivity contribution >= 4 is 17.7 Å². The molecule has 0 bridgehead atoms. The molecular formula is C15H19FO2S. The zero-order valence-corrected chi connectivity index (χ0v) is 11.7. The number of aliphatic carboxylic acids is 1. The summed E-state index contributed by atoms with van der Waals surface area (Å²) in [5.41, 5.74) is 0. The van der Waals surface area contributed by atoms with Gasteiger partial charge in [0.1, 0.15) is 11.1 Å². The number of thioether (sulfide) groups is 1. The Labute approximate surface area is 117 Å². The molecule has 0 saturated heterocycles. The summed E-state index contributed by atoms with van der Waals surface area (Å²) in [6, 6.07) is 6.09. The summed E-state index contributed by atoms with van der Waals surface area (Å²) in [6.07, 6.45) is 6.65. The van der Waals surface area contributed by atoms with Gasteiger partial charge in [-0.05, 0) is 43.0 Å². The van der Waals surface area contributed by atoms with E-state index in [-0.39, 0.29) is 11.7 Å². The van der Waals surface area contributed by atoms with E-state index >= 15 is 0 Å². The lowest BCUT2D eigenvalue weighted by atomic mass is 9.96. The third kappa shape index (κ3) is 4.23. The molecule has 0 amide bonds. The van der Waals surface area contributed by atoms with Gasteiger partial charge in [0.25, 0.3) is 0 Å². The number of hydrogen-bond acceptors (Lipinski definition) is 2. The first-order chi connectivity index (χ1) is 9.16. The molecule has 1 aromatic rings. The minimum absolute atomic E-state index is 0.232. The topological polar surface area (TPSA) is 37.3 Å². The van der Waals surface area contributed by atoms with E-state index < -0.39 is 11.2 Å². The van der Waals surface area contributed by atoms with E-state index in [0.717, 1.165) is 30.6 Å². The van der Waals surface area contributed by atoms with Gasteiger partial charge in [-0.25, -0.2) is 4.39 Å². The fourth-order valence-corrected chi connectivity index (χ4v) is 3.77. The predicted molar refractivity (Wildman–Crippen MR) is 74.9 cm³/mol. The van der Waals surface area contributed by atoms with Crippen molar-refractivity contribution < 1.29 is 14.3 Å². The molecule has 1 aliphatic rings. The summed E-state index contributed by atoms with van der Waals surface area (Å²) in [4.78, 5) is 12.3. The van der Waals surface area contributed by atoms with Crippen LogP contribution in [-0.2, 0) is 4.79 Å². The molecule has 1 fully saturated rings. The van der Waals surface area contributed by atoms with Gasteiger partial charge in [0, 0.05) is 4.90 Å². The van der Waals surface area contributed by atoms with Gasteiger partial charge in [-0.1, -0.05) is 25.7 Å². The first kappa shape index (κ1) is 14.4. The third-order valence-corrected chi connectivity index (χ3v) is 5.03. The Balaban J connectivity index is 2.06. The zero-order chi connectivity index (χ0) is 13.7. The number of benzene rings is 1. The highest BCUT2D eigenvalue weighted by atomic mass is 32.2. The van der Waals surface area contributed by atoms with Gasteiger partial charge < -0.3 is 5.11 Å². The Bertz CT molecular complexity index is 411. The molecule has 4 heteroatoms. The highest BCUT2D eigenvalue weighted by Crippen LogP contribution is 2.35. The maximum atomic E-state index is 12.9. The molecule has 1 aromatic carbocycles. The SMILES string of the molecule is O=C(O)C(Sc1ccc(F)cc1)C1CCCCCC1. The standard InChI is InChI=1S/C15H19FO2S/c16-12-7-9-13(10-8-12)19-14(15(17)18)11-5-3-1-2-4-6-11/h7-11,14H,1-6H2,(H,17,18). The summed E-state index contributed by atoms with van der Waals surface area (Å²) in [5.74, 6) is -0.804. The van der Waals surface area contributed by atoms with Crippen LogP contribution in [0.4, 0.5) is 4.39 Å². The summed E-state index contributed by atoms with van der Waals surface area (Å²) >= 11 is 1.36. The average molecular weight is 282 g/mol. The second-order valence-corrected chi connectivity index (χ2v) is 6.30. The smallest absolute Gasteiger partial charge is 0.317 e. The summed E-state index contributed by atoms with van der Waals surface area (Å²) < 4.78 is 12.9. The predicted octanol–water partition coefficient (Wildman–Crippen LogP) is 4.34. The zero-order valence-electron chi connectivity index (χ0n) is 10.8. The van der Waals surface area contributed by atoms with E-state index in [0.29, 0.717) is 0 Å². The second kappa shape index (κ2) is 6.94. The van der Waals surface area contributed by atoms with Crippen molar-refractivity contribution in [2.75, 3.05) is 0 Å². The van der Waals surface area contributed by atoms with Crippen molar-refractivity contribution in [3.8, 4) is 0 Å². The maximum absolute atomic E-state index is 12.9. The van der Waals surface area contributed by atoms with Gasteiger partial charge in [0.2, 0.25) is 0 Å². The maximum Gasteiger partial charge on any atom is 0.317 e. The molecule has 1 saturated carbocycles. The van der Waals surface area contributed by atoms with Gasteiger partial charge in [-0.2, -0.15) is 0 Å². The molecular weight excluding hydrogens is 263 g/mol. The van der Waals surface area contributed by atoms with Crippen LogP contribution in [0, 0.1) is 11.7 Å². The van der Waals surface area contributed by atoms with E-state index in [1.807, 2.05) is 0 Å². The van der Waals surface area contributed by atoms with Crippen molar-refractivity contribution in [1.82, 2.24) is 0 Å². The van der Waals surface area contributed by atoms with Crippen LogP contribution in [0.5, 0.6) is 0 Å². The molecule has 0 spiro atoms. The highest BCUT2D eigenvalue weighted by molar-refractivity contribution is 8.00. The van der Waals surface area contributed by atoms with Crippen LogP contribution < -0.4 is 0 Å². The second-order valence-electron chi connectivity index (χ2n) is 5.08. The fraction of sp³-hybridized carbons (Fsp3) is 0.533. The van der Waals surface area contributed by atoms with Gasteiger partial charge >= 0.3 is 5.97 Å². The van der Waals surface area contributed by atoms with Gasteiger partial charge in [-0.15, -0.1) is 11.8 Å². The van der Waals surface area contributed by atoms with Gasteiger partial charge in [-0.3, -0.25) is 4.79 Å². The summed E-state index contributed by atoms with van der Waals surface area (Å²) in [6.45, 7) is 0. The molecule has 0 heterocycles. The van der Waals surface area contributed by atoms with Crippen LogP contribution in [0.3, 0.4) is 0 Å². The number of hydrogen-bond donors (Lipinski definition) is 1. The van der Waals surface area contributed by atoms with E-state index in [1.54, 1.807) is 12.1 Å². The van der Waals surface area contributed by atoms with Crippen LogP contribution >= 0.6 is 11.8 Å². The average Bonchev–Trinajstić information content (AvgIpc) is 2.66. The lowest BCUT2D eigenvalue weighted by molar-refractivity contribution is -0.137. The quantitative estimate of drug-likeness (QED) is 0.659. The van der Waals surface area contributed by atoms with Crippen LogP contribution in [0.15, 0.2) is 29.2 Å². The molecule has 0 aliphatic heterocycles. The van der Waals surface area contributed by atoms with Crippen molar-refractivity contribution in [1.29, 1.82) is 0 Å². The Morgan fingerprint density at radius 3 is 2.26 bits per heavy atom. The molecule has 2 nitrogen and oxygen atoms in total. The number of carboxylic acids is 1. The number of halogens is 1. The molecule has 1 atom stereocenters. The first-order valence-corrected chi connectivity index (χ1v) is 7.70. The Hall–Kier alpha value is -1.03. The Morgan fingerprint density at radius 1 is 1.16 bits per heavy atom. The lowest BCUT2D eigenvalue weighted by Crippen LogP contribution is -2.26. The van der Waals surface area contributed by atoms with Gasteiger partial charge in [0.05, 0.1) is 0 Å². The number of rotatable bonds is 4. The highest BCUT2D eigenvalue weighted by Gasteiger charge is 2.29. The van der Waals surface area contributed by atoms with Crippen LogP contribution in [0.1, 0.15) is 38.5 Å². The normalized spacial score (nSPS) is 18.8. The molecule has 1 aliphatic carbocycles. The van der Waals surface area contributed by atoms with Crippen molar-refractivity contribution in [3.05, 3.63) is 30.1 Å². The molecule has 1 unspecified atom stereocenters. The third-order valence-electron chi connectivity index (χ3n) is 3.65. The molecule has 104 valence electrons. The van der Waals surface area contributed by atoms with E-state index in [9.17, 15) is 14.3 Å². The Morgan fingerprint density at radius 2 is 1.74 bits per heavy atom. The van der Waals surface area contributed by atoms with E-state index in [2.05, 4.69) is 0 Å². The van der Waals surface area contributed by atoms with Crippen LogP contribution in [0.25, 0.3) is 0 Å². The summed E-state index contributed by atoms with van der Waals surface area (Å²) in [5, 5.41) is 9.02. The van der Waals surface area contributed by atoms with Crippen molar-refractivity contribution in [3.63, 3.8) is 0 Å². The molecule has 1 N–H and O–H groups in total. The largest absolute Gasteiger partial charge is 0.480 e. The molecule has 0 radical (unpaired) electrons. The minimum Gasteiger partial charge on any atom is -0.480 e. The van der Waals surface area contributed by atoms with Crippen LogP contribution in [0.2, 0.25) is 0 Å². The van der Waals surface area contributed by atoms with Crippen molar-refractivity contribution in [2.45, 2.75) is 48.7 Å². The van der Waals surface area contributed by atoms with E-state index in [1.165, 1.54) is 36.7 Å². The molecule has 19 heavy (non-hydrogen) atoms. The lowest BCUT2D eigenvalue weighted by Gasteiger charge is -2.22. The van der Waals surface area contributed by atoms with Crippen LogP contribution in [-0.4, -0.2) is 16.3 Å². The monoisotopic (exact) mass is 282 g/mol. The molecule has 2 rings (SSSR count).